The van der Waals surface area contributed by atoms with Crippen molar-refractivity contribution in [2.75, 3.05) is 26.7 Å². The second kappa shape index (κ2) is 5.19. The van der Waals surface area contributed by atoms with Gasteiger partial charge in [0.25, 0.3) is 0 Å². The van der Waals surface area contributed by atoms with Crippen molar-refractivity contribution in [1.29, 1.82) is 0 Å². The van der Waals surface area contributed by atoms with Gasteiger partial charge in [-0.25, -0.2) is 0 Å². The Kier molecular flexibility index (Phi) is 4.18. The molecule has 0 radical (unpaired) electrons. The second-order valence-corrected chi connectivity index (χ2v) is 3.71. The fourth-order valence-electron chi connectivity index (χ4n) is 1.69. The minimum Gasteiger partial charge on any atom is -0.480 e. The third kappa shape index (κ3) is 4.24. The van der Waals surface area contributed by atoms with Crippen LogP contribution < -0.4 is 5.32 Å². The van der Waals surface area contributed by atoms with Gasteiger partial charge in [0.05, 0.1) is 6.54 Å². The molecule has 1 rings (SSSR count). The van der Waals surface area contributed by atoms with Gasteiger partial charge < -0.3 is 10.4 Å². The summed E-state index contributed by atoms with van der Waals surface area (Å²) < 4.78 is 0. The molecule has 0 spiro atoms. The van der Waals surface area contributed by atoms with Crippen LogP contribution in [0.2, 0.25) is 0 Å². The van der Waals surface area contributed by atoms with Crippen LogP contribution in [0.15, 0.2) is 0 Å². The normalized spacial score (nSPS) is 22.5. The summed E-state index contributed by atoms with van der Waals surface area (Å²) in [6.45, 7) is 2.13. The lowest BCUT2D eigenvalue weighted by Crippen LogP contribution is -2.31. The molecule has 0 aromatic rings. The van der Waals surface area contributed by atoms with Crippen molar-refractivity contribution >= 4 is 5.97 Å². The number of carbonyl (C=O) groups is 1. The highest BCUT2D eigenvalue weighted by atomic mass is 16.4. The lowest BCUT2D eigenvalue weighted by molar-refractivity contribution is -0.138. The van der Waals surface area contributed by atoms with Gasteiger partial charge in [0, 0.05) is 6.04 Å². The standard InChI is InChI=1S/C9H18N2O2/c1-11(7-9(12)13)6-4-8-3-2-5-10-8/h8,10H,2-7H2,1H3,(H,12,13). The quantitative estimate of drug-likeness (QED) is 0.641. The van der Waals surface area contributed by atoms with Crippen LogP contribution in [0.1, 0.15) is 19.3 Å². The van der Waals surface area contributed by atoms with Crippen LogP contribution in [0.4, 0.5) is 0 Å². The Hall–Kier alpha value is -0.610. The molecule has 1 heterocycles. The molecule has 1 atom stereocenters. The van der Waals surface area contributed by atoms with Gasteiger partial charge in [-0.3, -0.25) is 9.69 Å². The van der Waals surface area contributed by atoms with Gasteiger partial charge in [-0.15, -0.1) is 0 Å². The number of carboxylic acid groups (broad SMARTS) is 1. The molecule has 1 unspecified atom stereocenters. The molecule has 0 aromatic heterocycles. The number of rotatable bonds is 5. The van der Waals surface area contributed by atoms with Gasteiger partial charge in [0.2, 0.25) is 0 Å². The van der Waals surface area contributed by atoms with Crippen LogP contribution in [0, 0.1) is 0 Å². The smallest absolute Gasteiger partial charge is 0.317 e. The molecule has 0 bridgehead atoms. The first-order valence-electron chi connectivity index (χ1n) is 4.82. The van der Waals surface area contributed by atoms with Gasteiger partial charge in [0.1, 0.15) is 0 Å². The van der Waals surface area contributed by atoms with Crippen molar-refractivity contribution in [3.63, 3.8) is 0 Å². The molecule has 1 saturated heterocycles. The zero-order valence-electron chi connectivity index (χ0n) is 8.12. The van der Waals surface area contributed by atoms with Crippen molar-refractivity contribution in [3.8, 4) is 0 Å². The maximum absolute atomic E-state index is 10.3. The average molecular weight is 186 g/mol. The van der Waals surface area contributed by atoms with Crippen molar-refractivity contribution < 1.29 is 9.90 Å². The monoisotopic (exact) mass is 186 g/mol. The van der Waals surface area contributed by atoms with Gasteiger partial charge in [-0.2, -0.15) is 0 Å². The van der Waals surface area contributed by atoms with E-state index < -0.39 is 5.97 Å². The highest BCUT2D eigenvalue weighted by molar-refractivity contribution is 5.68. The number of aliphatic carboxylic acids is 1. The van der Waals surface area contributed by atoms with Crippen LogP contribution in [-0.4, -0.2) is 48.7 Å². The van der Waals surface area contributed by atoms with Crippen LogP contribution in [0.25, 0.3) is 0 Å². The fourth-order valence-corrected chi connectivity index (χ4v) is 1.69. The maximum Gasteiger partial charge on any atom is 0.317 e. The molecule has 0 aliphatic carbocycles. The largest absolute Gasteiger partial charge is 0.480 e. The predicted octanol–water partition coefficient (Wildman–Crippen LogP) is 0.145. The third-order valence-electron chi connectivity index (χ3n) is 2.43. The lowest BCUT2D eigenvalue weighted by atomic mass is 10.1. The molecule has 13 heavy (non-hydrogen) atoms. The Morgan fingerprint density at radius 1 is 1.69 bits per heavy atom. The van der Waals surface area contributed by atoms with Crippen molar-refractivity contribution in [2.24, 2.45) is 0 Å². The molecule has 1 aliphatic rings. The first-order chi connectivity index (χ1) is 6.18. The summed E-state index contributed by atoms with van der Waals surface area (Å²) in [5.74, 6) is -0.748. The van der Waals surface area contributed by atoms with Crippen molar-refractivity contribution in [3.05, 3.63) is 0 Å². The van der Waals surface area contributed by atoms with E-state index in [2.05, 4.69) is 5.32 Å². The number of hydrogen-bond donors (Lipinski definition) is 2. The topological polar surface area (TPSA) is 52.6 Å². The highest BCUT2D eigenvalue weighted by Gasteiger charge is 2.14. The van der Waals surface area contributed by atoms with E-state index in [0.717, 1.165) is 19.5 Å². The van der Waals surface area contributed by atoms with E-state index in [4.69, 9.17) is 5.11 Å². The number of carboxylic acids is 1. The van der Waals surface area contributed by atoms with E-state index in [0.29, 0.717) is 6.04 Å². The van der Waals surface area contributed by atoms with E-state index in [-0.39, 0.29) is 6.54 Å². The van der Waals surface area contributed by atoms with E-state index in [1.54, 1.807) is 0 Å². The number of likely N-dealkylation sites (N-methyl/N-ethyl adjacent to an activating group) is 1. The molecular formula is C9H18N2O2. The molecule has 0 aromatic carbocycles. The number of nitrogens with one attached hydrogen (secondary N) is 1. The van der Waals surface area contributed by atoms with Crippen LogP contribution in [0.5, 0.6) is 0 Å². The molecular weight excluding hydrogens is 168 g/mol. The summed E-state index contributed by atoms with van der Waals surface area (Å²) in [5, 5.41) is 11.9. The third-order valence-corrected chi connectivity index (χ3v) is 2.43. The number of hydrogen-bond acceptors (Lipinski definition) is 3. The van der Waals surface area contributed by atoms with E-state index in [9.17, 15) is 4.79 Å². The van der Waals surface area contributed by atoms with Crippen LogP contribution in [0.3, 0.4) is 0 Å². The van der Waals surface area contributed by atoms with Gasteiger partial charge in [-0.1, -0.05) is 0 Å². The van der Waals surface area contributed by atoms with E-state index in [1.165, 1.54) is 12.8 Å². The molecule has 76 valence electrons. The molecule has 4 nitrogen and oxygen atoms in total. The second-order valence-electron chi connectivity index (χ2n) is 3.71. The van der Waals surface area contributed by atoms with Crippen LogP contribution >= 0.6 is 0 Å². The molecule has 2 N–H and O–H groups in total. The minimum atomic E-state index is -0.748. The number of nitrogens with zero attached hydrogens (tertiary/aromatic N) is 1. The average Bonchev–Trinajstić information content (AvgIpc) is 2.51. The Labute approximate surface area is 78.9 Å². The van der Waals surface area contributed by atoms with Crippen LogP contribution in [-0.2, 0) is 4.79 Å². The Morgan fingerprint density at radius 2 is 2.46 bits per heavy atom. The molecule has 0 amide bonds. The summed E-state index contributed by atoms with van der Waals surface area (Å²) >= 11 is 0. The Balaban J connectivity index is 2.06. The Morgan fingerprint density at radius 3 is 3.00 bits per heavy atom. The summed E-state index contributed by atoms with van der Waals surface area (Å²) in [6, 6.07) is 0.608. The van der Waals surface area contributed by atoms with E-state index in [1.807, 2.05) is 11.9 Å². The SMILES string of the molecule is CN(CCC1CCCN1)CC(=O)O. The zero-order chi connectivity index (χ0) is 9.68. The minimum absolute atomic E-state index is 0.146. The lowest BCUT2D eigenvalue weighted by Gasteiger charge is -2.16. The molecule has 0 saturated carbocycles. The summed E-state index contributed by atoms with van der Waals surface area (Å²) in [5.41, 5.74) is 0. The summed E-state index contributed by atoms with van der Waals surface area (Å²) in [7, 11) is 1.85. The van der Waals surface area contributed by atoms with E-state index >= 15 is 0 Å². The first kappa shape index (κ1) is 10.5. The van der Waals surface area contributed by atoms with Gasteiger partial charge >= 0.3 is 5.97 Å². The first-order valence-corrected chi connectivity index (χ1v) is 4.82. The molecule has 4 heteroatoms. The molecule has 1 fully saturated rings. The van der Waals surface area contributed by atoms with Gasteiger partial charge in [-0.05, 0) is 39.4 Å². The Bertz CT molecular complexity index is 167. The molecule has 1 aliphatic heterocycles. The highest BCUT2D eigenvalue weighted by Crippen LogP contribution is 2.08. The van der Waals surface area contributed by atoms with Crippen molar-refractivity contribution in [2.45, 2.75) is 25.3 Å². The summed E-state index contributed by atoms with van der Waals surface area (Å²) in [6.07, 6.45) is 3.55. The summed E-state index contributed by atoms with van der Waals surface area (Å²) in [4.78, 5) is 12.2. The van der Waals surface area contributed by atoms with Crippen molar-refractivity contribution in [1.82, 2.24) is 10.2 Å². The van der Waals surface area contributed by atoms with Gasteiger partial charge in [0.15, 0.2) is 0 Å². The zero-order valence-corrected chi connectivity index (χ0v) is 8.12. The maximum atomic E-state index is 10.3. The predicted molar refractivity (Wildman–Crippen MR) is 50.8 cm³/mol. The fraction of sp³-hybridized carbons (Fsp3) is 0.889.